The van der Waals surface area contributed by atoms with Gasteiger partial charge in [-0.25, -0.2) is 4.39 Å². The van der Waals surface area contributed by atoms with Crippen LogP contribution in [0.3, 0.4) is 0 Å². The minimum Gasteiger partial charge on any atom is -0.366 e. The number of halogens is 2. The highest BCUT2D eigenvalue weighted by Gasteiger charge is 2.37. The van der Waals surface area contributed by atoms with Crippen LogP contribution in [0.4, 0.5) is 15.8 Å². The summed E-state index contributed by atoms with van der Waals surface area (Å²) in [6.45, 7) is 2.49. The van der Waals surface area contributed by atoms with Crippen LogP contribution in [0.15, 0.2) is 59.5 Å². The molecule has 0 saturated carbocycles. The standard InChI is InChI=1S/C23H19ClFN5O3/c24-20-19(13-26-30(22(20)32)16-4-2-1-3-5-16)28-10-8-27(9-11-28)14-29-18-7-6-15(25)12-17(18)21(31)23(29)33/h1-7,12-13H,8-11,14H2. The summed E-state index contributed by atoms with van der Waals surface area (Å²) in [7, 11) is 0. The van der Waals surface area contributed by atoms with Gasteiger partial charge in [0.25, 0.3) is 11.3 Å². The number of para-hydroxylation sites is 1. The summed E-state index contributed by atoms with van der Waals surface area (Å²) in [6.07, 6.45) is 1.58. The third kappa shape index (κ3) is 3.79. The average molecular weight is 468 g/mol. The van der Waals surface area contributed by atoms with Crippen LogP contribution in [-0.2, 0) is 4.79 Å². The summed E-state index contributed by atoms with van der Waals surface area (Å²) in [6, 6.07) is 12.8. The molecule has 3 heterocycles. The van der Waals surface area contributed by atoms with Crippen LogP contribution in [-0.4, -0.2) is 59.2 Å². The summed E-state index contributed by atoms with van der Waals surface area (Å²) in [5.41, 5.74) is 1.31. The molecule has 0 atom stereocenters. The van der Waals surface area contributed by atoms with Gasteiger partial charge >= 0.3 is 5.91 Å². The van der Waals surface area contributed by atoms with Crippen LogP contribution in [0, 0.1) is 5.82 Å². The third-order valence-electron chi connectivity index (χ3n) is 5.89. The number of ketones is 1. The topological polar surface area (TPSA) is 78.8 Å². The van der Waals surface area contributed by atoms with E-state index in [1.165, 1.54) is 21.7 Å². The molecule has 0 aliphatic carbocycles. The molecule has 0 spiro atoms. The second kappa shape index (κ2) is 8.42. The summed E-state index contributed by atoms with van der Waals surface area (Å²) < 4.78 is 14.8. The van der Waals surface area contributed by atoms with Crippen molar-refractivity contribution in [1.82, 2.24) is 14.7 Å². The molecule has 0 radical (unpaired) electrons. The Bertz CT molecular complexity index is 1310. The molecule has 2 aliphatic rings. The zero-order chi connectivity index (χ0) is 23.1. The Morgan fingerprint density at radius 3 is 2.39 bits per heavy atom. The molecule has 1 fully saturated rings. The van der Waals surface area contributed by atoms with Crippen LogP contribution in [0.25, 0.3) is 5.69 Å². The first-order valence-corrected chi connectivity index (χ1v) is 10.8. The number of Topliss-reactive ketones (excluding diaryl/α,β-unsaturated/α-hetero) is 1. The fourth-order valence-electron chi connectivity index (χ4n) is 4.14. The van der Waals surface area contributed by atoms with Gasteiger partial charge < -0.3 is 4.90 Å². The summed E-state index contributed by atoms with van der Waals surface area (Å²) in [5.74, 6) is -1.90. The molecule has 2 aromatic carbocycles. The van der Waals surface area contributed by atoms with Crippen molar-refractivity contribution in [2.45, 2.75) is 0 Å². The Hall–Kier alpha value is -3.56. The summed E-state index contributed by atoms with van der Waals surface area (Å²) >= 11 is 6.41. The van der Waals surface area contributed by atoms with Crippen molar-refractivity contribution in [3.05, 3.63) is 81.5 Å². The van der Waals surface area contributed by atoms with E-state index < -0.39 is 23.1 Å². The Balaban J connectivity index is 1.29. The zero-order valence-electron chi connectivity index (χ0n) is 17.4. The maximum Gasteiger partial charge on any atom is 0.300 e. The lowest BCUT2D eigenvalue weighted by molar-refractivity contribution is -0.114. The lowest BCUT2D eigenvalue weighted by Gasteiger charge is -2.37. The molecular weight excluding hydrogens is 449 g/mol. The fourth-order valence-corrected chi connectivity index (χ4v) is 4.39. The van der Waals surface area contributed by atoms with Crippen LogP contribution in [0.2, 0.25) is 5.02 Å². The smallest absolute Gasteiger partial charge is 0.300 e. The van der Waals surface area contributed by atoms with Crippen LogP contribution in [0.5, 0.6) is 0 Å². The third-order valence-corrected chi connectivity index (χ3v) is 6.24. The lowest BCUT2D eigenvalue weighted by atomic mass is 10.1. The van der Waals surface area contributed by atoms with E-state index >= 15 is 0 Å². The van der Waals surface area contributed by atoms with Crippen molar-refractivity contribution in [1.29, 1.82) is 0 Å². The minimum atomic E-state index is -0.694. The Kier molecular flexibility index (Phi) is 5.43. The molecule has 8 nitrogen and oxygen atoms in total. The van der Waals surface area contributed by atoms with E-state index in [1.807, 2.05) is 28.0 Å². The number of rotatable bonds is 4. The van der Waals surface area contributed by atoms with E-state index in [4.69, 9.17) is 11.6 Å². The average Bonchev–Trinajstić information content (AvgIpc) is 3.06. The minimum absolute atomic E-state index is 0.0930. The van der Waals surface area contributed by atoms with Gasteiger partial charge in [0, 0.05) is 26.2 Å². The van der Waals surface area contributed by atoms with Crippen molar-refractivity contribution in [3.63, 3.8) is 0 Å². The molecule has 2 aliphatic heterocycles. The number of nitrogens with zero attached hydrogens (tertiary/aromatic N) is 5. The normalized spacial score (nSPS) is 16.4. The van der Waals surface area contributed by atoms with Gasteiger partial charge in [0.2, 0.25) is 0 Å². The molecule has 168 valence electrons. The Morgan fingerprint density at radius 2 is 1.67 bits per heavy atom. The van der Waals surface area contributed by atoms with Gasteiger partial charge in [0.1, 0.15) is 10.8 Å². The van der Waals surface area contributed by atoms with E-state index in [1.54, 1.807) is 18.3 Å². The zero-order valence-corrected chi connectivity index (χ0v) is 18.2. The van der Waals surface area contributed by atoms with Crippen molar-refractivity contribution >= 4 is 34.7 Å². The van der Waals surface area contributed by atoms with Gasteiger partial charge in [0.15, 0.2) is 0 Å². The maximum atomic E-state index is 13.5. The molecule has 1 aromatic heterocycles. The molecule has 0 bridgehead atoms. The number of anilines is 2. The van der Waals surface area contributed by atoms with Crippen molar-refractivity contribution in [2.24, 2.45) is 0 Å². The second-order valence-electron chi connectivity index (χ2n) is 7.87. The van der Waals surface area contributed by atoms with Gasteiger partial charge in [0.05, 0.1) is 35.5 Å². The number of benzene rings is 2. The molecule has 1 amide bonds. The molecule has 3 aromatic rings. The first-order valence-electron chi connectivity index (χ1n) is 10.4. The Labute approximate surface area is 193 Å². The highest BCUT2D eigenvalue weighted by Crippen LogP contribution is 2.30. The number of hydrogen-bond acceptors (Lipinski definition) is 6. The van der Waals surface area contributed by atoms with Crippen LogP contribution >= 0.6 is 11.6 Å². The quantitative estimate of drug-likeness (QED) is 0.548. The van der Waals surface area contributed by atoms with Gasteiger partial charge in [-0.2, -0.15) is 9.78 Å². The second-order valence-corrected chi connectivity index (χ2v) is 8.24. The van der Waals surface area contributed by atoms with Crippen molar-refractivity contribution < 1.29 is 14.0 Å². The number of piperazine rings is 1. The number of fused-ring (bicyclic) bond motifs is 1. The molecule has 33 heavy (non-hydrogen) atoms. The fraction of sp³-hybridized carbons (Fsp3) is 0.217. The predicted octanol–water partition coefficient (Wildman–Crippen LogP) is 2.33. The largest absolute Gasteiger partial charge is 0.366 e. The van der Waals surface area contributed by atoms with E-state index in [0.717, 1.165) is 6.07 Å². The van der Waals surface area contributed by atoms with Crippen LogP contribution < -0.4 is 15.4 Å². The Morgan fingerprint density at radius 1 is 0.939 bits per heavy atom. The molecular formula is C23H19ClFN5O3. The van der Waals surface area contributed by atoms with Gasteiger partial charge in [-0.05, 0) is 30.3 Å². The number of hydrogen-bond donors (Lipinski definition) is 0. The number of aromatic nitrogens is 2. The van der Waals surface area contributed by atoms with Crippen LogP contribution in [0.1, 0.15) is 10.4 Å². The van der Waals surface area contributed by atoms with Gasteiger partial charge in [-0.15, -0.1) is 0 Å². The number of carbonyl (C=O) groups excluding carboxylic acids is 2. The summed E-state index contributed by atoms with van der Waals surface area (Å²) in [4.78, 5) is 42.8. The van der Waals surface area contributed by atoms with Crippen molar-refractivity contribution in [2.75, 3.05) is 42.6 Å². The number of carbonyl (C=O) groups is 2. The van der Waals surface area contributed by atoms with E-state index in [2.05, 4.69) is 5.10 Å². The van der Waals surface area contributed by atoms with E-state index in [-0.39, 0.29) is 17.3 Å². The van der Waals surface area contributed by atoms with Gasteiger partial charge in [-0.1, -0.05) is 29.8 Å². The summed E-state index contributed by atoms with van der Waals surface area (Å²) in [5, 5.41) is 4.38. The molecule has 10 heteroatoms. The van der Waals surface area contributed by atoms with E-state index in [0.29, 0.717) is 43.2 Å². The first kappa shape index (κ1) is 21.3. The van der Waals surface area contributed by atoms with Crippen molar-refractivity contribution in [3.8, 4) is 5.69 Å². The molecule has 0 unspecified atom stereocenters. The first-order chi connectivity index (χ1) is 15.9. The highest BCUT2D eigenvalue weighted by atomic mass is 35.5. The molecule has 1 saturated heterocycles. The molecule has 0 N–H and O–H groups in total. The SMILES string of the molecule is O=C1C(=O)N(CN2CCN(c3cnn(-c4ccccc4)c(=O)c3Cl)CC2)c2ccc(F)cc21. The maximum absolute atomic E-state index is 13.5. The monoisotopic (exact) mass is 467 g/mol. The number of amides is 1. The van der Waals surface area contributed by atoms with E-state index in [9.17, 15) is 18.8 Å². The lowest BCUT2D eigenvalue weighted by Crippen LogP contribution is -2.51. The molecule has 5 rings (SSSR count). The van der Waals surface area contributed by atoms with Gasteiger partial charge in [-0.3, -0.25) is 24.2 Å². The highest BCUT2D eigenvalue weighted by molar-refractivity contribution is 6.52. The predicted molar refractivity (Wildman–Crippen MR) is 122 cm³/mol.